The van der Waals surface area contributed by atoms with Crippen molar-refractivity contribution in [1.82, 2.24) is 24.7 Å². The number of aromatic amines is 1. The standard InChI is InChI=1S/C19H12ClN5/c20-17-9-8-16-19(23-17)25(18(22-16)12-4-2-1-3-5-12)14-6-7-15-13(10-14)11-21-24-15/h1-11H,(H,21,24). The minimum absolute atomic E-state index is 0.442. The number of aromatic nitrogens is 5. The van der Waals surface area contributed by atoms with Gasteiger partial charge in [0.25, 0.3) is 0 Å². The number of hydrogen-bond donors (Lipinski definition) is 1. The monoisotopic (exact) mass is 345 g/mol. The summed E-state index contributed by atoms with van der Waals surface area (Å²) in [7, 11) is 0. The van der Waals surface area contributed by atoms with Gasteiger partial charge in [0.15, 0.2) is 5.65 Å². The molecular formula is C19H12ClN5. The van der Waals surface area contributed by atoms with Crippen molar-refractivity contribution < 1.29 is 0 Å². The lowest BCUT2D eigenvalue weighted by Gasteiger charge is -2.09. The number of nitrogens with zero attached hydrogens (tertiary/aromatic N) is 4. The smallest absolute Gasteiger partial charge is 0.166 e. The van der Waals surface area contributed by atoms with E-state index in [0.29, 0.717) is 5.15 Å². The number of imidazole rings is 1. The largest absolute Gasteiger partial charge is 0.278 e. The highest BCUT2D eigenvalue weighted by Gasteiger charge is 2.16. The van der Waals surface area contributed by atoms with E-state index in [9.17, 15) is 0 Å². The summed E-state index contributed by atoms with van der Waals surface area (Å²) < 4.78 is 2.03. The zero-order valence-corrected chi connectivity index (χ0v) is 13.8. The van der Waals surface area contributed by atoms with E-state index < -0.39 is 0 Å². The van der Waals surface area contributed by atoms with Gasteiger partial charge in [-0.05, 0) is 30.3 Å². The number of pyridine rings is 1. The molecule has 3 aromatic heterocycles. The van der Waals surface area contributed by atoms with Gasteiger partial charge in [-0.1, -0.05) is 41.9 Å². The minimum Gasteiger partial charge on any atom is -0.278 e. The van der Waals surface area contributed by atoms with Crippen LogP contribution in [-0.4, -0.2) is 24.7 Å². The summed E-state index contributed by atoms with van der Waals surface area (Å²) in [5.74, 6) is 0.827. The van der Waals surface area contributed by atoms with E-state index in [-0.39, 0.29) is 0 Å². The summed E-state index contributed by atoms with van der Waals surface area (Å²) >= 11 is 6.14. The average Bonchev–Trinajstić information content (AvgIpc) is 3.25. The number of H-pyrrole nitrogens is 1. The molecule has 0 radical (unpaired) electrons. The van der Waals surface area contributed by atoms with Crippen LogP contribution in [0.3, 0.4) is 0 Å². The maximum Gasteiger partial charge on any atom is 0.166 e. The fraction of sp³-hybridized carbons (Fsp3) is 0. The maximum atomic E-state index is 6.14. The molecule has 0 bridgehead atoms. The molecule has 1 N–H and O–H groups in total. The SMILES string of the molecule is Clc1ccc2nc(-c3ccccc3)n(-c3ccc4[nH]ncc4c3)c2n1. The number of hydrogen-bond acceptors (Lipinski definition) is 3. The molecule has 0 aliphatic heterocycles. The molecule has 0 saturated carbocycles. The first-order chi connectivity index (χ1) is 12.3. The fourth-order valence-corrected chi connectivity index (χ4v) is 3.17. The zero-order valence-electron chi connectivity index (χ0n) is 13.0. The summed E-state index contributed by atoms with van der Waals surface area (Å²) in [4.78, 5) is 9.29. The molecule has 5 rings (SSSR count). The Morgan fingerprint density at radius 1 is 0.920 bits per heavy atom. The van der Waals surface area contributed by atoms with E-state index in [2.05, 4.69) is 21.2 Å². The van der Waals surface area contributed by atoms with Crippen LogP contribution in [-0.2, 0) is 0 Å². The molecule has 6 heteroatoms. The molecule has 0 aliphatic rings. The molecule has 0 unspecified atom stereocenters. The van der Waals surface area contributed by atoms with Crippen molar-refractivity contribution >= 4 is 33.7 Å². The highest BCUT2D eigenvalue weighted by atomic mass is 35.5. The lowest BCUT2D eigenvalue weighted by Crippen LogP contribution is -1.98. The summed E-state index contributed by atoms with van der Waals surface area (Å²) in [5, 5.41) is 8.54. The van der Waals surface area contributed by atoms with Crippen molar-refractivity contribution in [3.63, 3.8) is 0 Å². The number of benzene rings is 2. The summed E-state index contributed by atoms with van der Waals surface area (Å²) in [5.41, 5.74) is 4.50. The van der Waals surface area contributed by atoms with Gasteiger partial charge in [-0.2, -0.15) is 5.10 Å². The van der Waals surface area contributed by atoms with Gasteiger partial charge in [0, 0.05) is 16.6 Å². The number of fused-ring (bicyclic) bond motifs is 2. The van der Waals surface area contributed by atoms with Gasteiger partial charge in [-0.15, -0.1) is 0 Å². The molecule has 5 nitrogen and oxygen atoms in total. The van der Waals surface area contributed by atoms with E-state index >= 15 is 0 Å². The van der Waals surface area contributed by atoms with Crippen molar-refractivity contribution in [2.24, 2.45) is 0 Å². The topological polar surface area (TPSA) is 59.4 Å². The Balaban J connectivity index is 1.86. The third kappa shape index (κ3) is 2.28. The van der Waals surface area contributed by atoms with Crippen LogP contribution in [0.2, 0.25) is 5.15 Å². The molecule has 0 spiro atoms. The second-order valence-corrected chi connectivity index (χ2v) is 6.14. The van der Waals surface area contributed by atoms with Crippen LogP contribution < -0.4 is 0 Å². The molecule has 0 amide bonds. The fourth-order valence-electron chi connectivity index (χ4n) is 3.03. The highest BCUT2D eigenvalue weighted by Crippen LogP contribution is 2.29. The predicted octanol–water partition coefficient (Wildman–Crippen LogP) is 4.62. The summed E-state index contributed by atoms with van der Waals surface area (Å²) in [6.07, 6.45) is 1.81. The van der Waals surface area contributed by atoms with Crippen molar-refractivity contribution in [2.75, 3.05) is 0 Å². The van der Waals surface area contributed by atoms with Gasteiger partial charge in [0.05, 0.1) is 11.7 Å². The molecule has 3 heterocycles. The maximum absolute atomic E-state index is 6.14. The van der Waals surface area contributed by atoms with E-state index in [1.54, 1.807) is 12.3 Å². The van der Waals surface area contributed by atoms with Gasteiger partial charge in [0.1, 0.15) is 16.5 Å². The van der Waals surface area contributed by atoms with Gasteiger partial charge in [-0.25, -0.2) is 9.97 Å². The Morgan fingerprint density at radius 3 is 2.68 bits per heavy atom. The van der Waals surface area contributed by atoms with E-state index in [4.69, 9.17) is 16.6 Å². The van der Waals surface area contributed by atoms with E-state index in [1.807, 2.05) is 53.1 Å². The second kappa shape index (κ2) is 5.43. The Kier molecular flexibility index (Phi) is 3.08. The van der Waals surface area contributed by atoms with Crippen LogP contribution in [0.15, 0.2) is 66.9 Å². The Bertz CT molecular complexity index is 1210. The molecule has 0 saturated heterocycles. The zero-order chi connectivity index (χ0) is 16.8. The minimum atomic E-state index is 0.442. The molecule has 0 fully saturated rings. The first kappa shape index (κ1) is 14.2. The van der Waals surface area contributed by atoms with Crippen molar-refractivity contribution in [3.8, 4) is 17.1 Å². The Labute approximate surface area is 147 Å². The van der Waals surface area contributed by atoms with Crippen LogP contribution in [0, 0.1) is 0 Å². The molecule has 5 aromatic rings. The molecule has 0 aliphatic carbocycles. The Hall–Kier alpha value is -3.18. The summed E-state index contributed by atoms with van der Waals surface area (Å²) in [6, 6.07) is 19.8. The van der Waals surface area contributed by atoms with Crippen LogP contribution in [0.1, 0.15) is 0 Å². The van der Waals surface area contributed by atoms with Crippen LogP contribution >= 0.6 is 11.6 Å². The first-order valence-corrected chi connectivity index (χ1v) is 8.21. The van der Waals surface area contributed by atoms with Gasteiger partial charge in [0.2, 0.25) is 0 Å². The normalized spacial score (nSPS) is 11.4. The highest BCUT2D eigenvalue weighted by molar-refractivity contribution is 6.29. The third-order valence-electron chi connectivity index (χ3n) is 4.18. The Morgan fingerprint density at radius 2 is 1.80 bits per heavy atom. The predicted molar refractivity (Wildman–Crippen MR) is 99.0 cm³/mol. The van der Waals surface area contributed by atoms with Crippen molar-refractivity contribution in [1.29, 1.82) is 0 Å². The molecule has 2 aromatic carbocycles. The molecule has 120 valence electrons. The molecule has 0 atom stereocenters. The number of halogens is 1. The van der Waals surface area contributed by atoms with Crippen molar-refractivity contribution in [2.45, 2.75) is 0 Å². The van der Waals surface area contributed by atoms with Gasteiger partial charge < -0.3 is 0 Å². The second-order valence-electron chi connectivity index (χ2n) is 5.76. The van der Waals surface area contributed by atoms with E-state index in [1.165, 1.54) is 0 Å². The lowest BCUT2D eigenvalue weighted by molar-refractivity contribution is 1.08. The quantitative estimate of drug-likeness (QED) is 0.475. The average molecular weight is 346 g/mol. The van der Waals surface area contributed by atoms with Crippen LogP contribution in [0.4, 0.5) is 0 Å². The summed E-state index contributed by atoms with van der Waals surface area (Å²) in [6.45, 7) is 0. The van der Waals surface area contributed by atoms with E-state index in [0.717, 1.165) is 39.1 Å². The number of nitrogens with one attached hydrogen (secondary N) is 1. The van der Waals surface area contributed by atoms with Crippen LogP contribution in [0.5, 0.6) is 0 Å². The molecular weight excluding hydrogens is 334 g/mol. The van der Waals surface area contributed by atoms with Gasteiger partial charge >= 0.3 is 0 Å². The first-order valence-electron chi connectivity index (χ1n) is 7.83. The van der Waals surface area contributed by atoms with Gasteiger partial charge in [-0.3, -0.25) is 9.67 Å². The number of rotatable bonds is 2. The van der Waals surface area contributed by atoms with Crippen molar-refractivity contribution in [3.05, 3.63) is 72.0 Å². The lowest BCUT2D eigenvalue weighted by atomic mass is 10.2. The molecule has 25 heavy (non-hydrogen) atoms. The van der Waals surface area contributed by atoms with Crippen LogP contribution in [0.25, 0.3) is 39.1 Å². The third-order valence-corrected chi connectivity index (χ3v) is 4.39.